The standard InChI is InChI=1S/C44H62ClN3O13/c1-23-20-30-28(24(2)22-47(27-17-18-27)38(51)56-12)19-16-25(3)44(30,55)35(34(23)57-26(4)49)58-36(50)32-21-43(60-40(54)59-42(8,9)10)29-14-13-15-31(45)33(29)46(11)61-37(43)48(32,39(52)53)41(5,6)7/h13-15,20,24-25,27-28,30,32,34-35,37,55H,16-19,21-22H2,1-12H3/t24?,25-,28+,30-,32+,34?,35+,37-,43-,44-,48?/m1/s1. The number of benzene rings is 1. The number of carbonyl (C=O) groups is 5. The maximum absolute atomic E-state index is 15.4. The molecule has 2 aliphatic heterocycles. The van der Waals surface area contributed by atoms with E-state index in [1.807, 2.05) is 19.9 Å². The number of quaternary nitrogens is 1. The normalized spacial score (nSPS) is 33.8. The Bertz CT molecular complexity index is 1960. The fraction of sp³-hybridized carbons (Fsp3) is 0.705. The zero-order valence-electron chi connectivity index (χ0n) is 37.3. The van der Waals surface area contributed by atoms with Crippen LogP contribution in [0.1, 0.15) is 107 Å². The number of nitrogens with zero attached hydrogens (tertiary/aromatic N) is 3. The van der Waals surface area contributed by atoms with Crippen molar-refractivity contribution in [3.05, 3.63) is 40.4 Å². The first kappa shape index (κ1) is 46.4. The minimum atomic E-state index is -2.03. The highest BCUT2D eigenvalue weighted by Gasteiger charge is 2.77. The average molecular weight is 876 g/mol. The Labute approximate surface area is 362 Å². The van der Waals surface area contributed by atoms with Crippen molar-refractivity contribution in [1.82, 2.24) is 4.90 Å². The van der Waals surface area contributed by atoms with Crippen LogP contribution < -0.4 is 10.2 Å². The summed E-state index contributed by atoms with van der Waals surface area (Å²) in [4.78, 5) is 77.1. The minimum absolute atomic E-state index is 0.0661. The van der Waals surface area contributed by atoms with Gasteiger partial charge in [0.2, 0.25) is 11.6 Å². The molecule has 2 amide bonds. The topological polar surface area (TPSA) is 190 Å². The molecule has 3 fully saturated rings. The first-order chi connectivity index (χ1) is 28.3. The number of carbonyl (C=O) groups excluding carboxylic acids is 5. The van der Waals surface area contributed by atoms with Gasteiger partial charge in [0, 0.05) is 38.0 Å². The highest BCUT2D eigenvalue weighted by molar-refractivity contribution is 6.33. The molecule has 0 radical (unpaired) electrons. The van der Waals surface area contributed by atoms with Crippen molar-refractivity contribution in [3.63, 3.8) is 0 Å². The van der Waals surface area contributed by atoms with E-state index in [4.69, 9.17) is 40.1 Å². The van der Waals surface area contributed by atoms with Crippen molar-refractivity contribution in [3.8, 4) is 0 Å². The number of anilines is 1. The lowest BCUT2D eigenvalue weighted by molar-refractivity contribution is -0.967. The molecule has 1 N–H and O–H groups in total. The molecule has 5 aliphatic rings. The summed E-state index contributed by atoms with van der Waals surface area (Å²) in [5.74, 6) is -3.31. The van der Waals surface area contributed by atoms with Crippen molar-refractivity contribution in [2.24, 2.45) is 23.7 Å². The van der Waals surface area contributed by atoms with Crippen molar-refractivity contribution in [2.45, 2.75) is 154 Å². The lowest BCUT2D eigenvalue weighted by Gasteiger charge is -2.56. The molecule has 2 saturated carbocycles. The molecule has 3 unspecified atom stereocenters. The van der Waals surface area contributed by atoms with Gasteiger partial charge in [-0.05, 0) is 104 Å². The second-order valence-electron chi connectivity index (χ2n) is 19.7. The number of fused-ring (bicyclic) bond motifs is 4. The van der Waals surface area contributed by atoms with E-state index in [-0.39, 0.29) is 34.2 Å². The number of ether oxygens (including phenoxy) is 5. The van der Waals surface area contributed by atoms with Gasteiger partial charge in [-0.25, -0.2) is 28.8 Å². The van der Waals surface area contributed by atoms with Crippen LogP contribution in [0.15, 0.2) is 29.8 Å². The van der Waals surface area contributed by atoms with Crippen LogP contribution in [0.2, 0.25) is 5.02 Å². The van der Waals surface area contributed by atoms with E-state index in [0.29, 0.717) is 25.0 Å². The minimum Gasteiger partial charge on any atom is -0.498 e. The number of halogens is 1. The van der Waals surface area contributed by atoms with Crippen molar-refractivity contribution in [2.75, 3.05) is 25.8 Å². The molecule has 2 heterocycles. The summed E-state index contributed by atoms with van der Waals surface area (Å²) in [6, 6.07) is 3.17. The van der Waals surface area contributed by atoms with Crippen LogP contribution in [-0.4, -0.2) is 113 Å². The van der Waals surface area contributed by atoms with E-state index < -0.39 is 99.8 Å². The quantitative estimate of drug-likeness (QED) is 0.139. The van der Waals surface area contributed by atoms with E-state index in [2.05, 4.69) is 0 Å². The third-order valence-electron chi connectivity index (χ3n) is 13.6. The smallest absolute Gasteiger partial charge is 0.498 e. The van der Waals surface area contributed by atoms with Gasteiger partial charge < -0.3 is 43.6 Å². The highest BCUT2D eigenvalue weighted by Crippen LogP contribution is 2.60. The third kappa shape index (κ3) is 7.84. The summed E-state index contributed by atoms with van der Waals surface area (Å²) < 4.78 is 28.1. The van der Waals surface area contributed by atoms with Gasteiger partial charge in [-0.1, -0.05) is 43.7 Å². The summed E-state index contributed by atoms with van der Waals surface area (Å²) in [6.07, 6.45) is -3.49. The van der Waals surface area contributed by atoms with Gasteiger partial charge in [-0.3, -0.25) is 4.79 Å². The van der Waals surface area contributed by atoms with E-state index in [1.54, 1.807) is 71.6 Å². The summed E-state index contributed by atoms with van der Waals surface area (Å²) in [7, 11) is 2.87. The lowest BCUT2D eigenvalue weighted by atomic mass is 9.55. The monoisotopic (exact) mass is 875 g/mol. The number of hydroxylamine groups is 1. The Morgan fingerprint density at radius 2 is 1.74 bits per heavy atom. The largest absolute Gasteiger partial charge is 0.510 e. The molecule has 16 nitrogen and oxygen atoms in total. The molecule has 0 spiro atoms. The molecule has 61 heavy (non-hydrogen) atoms. The number of rotatable bonds is 8. The molecule has 1 saturated heterocycles. The molecule has 3 aliphatic carbocycles. The predicted molar refractivity (Wildman–Crippen MR) is 218 cm³/mol. The predicted octanol–water partition coefficient (Wildman–Crippen LogP) is 5.99. The first-order valence-corrected chi connectivity index (χ1v) is 21.5. The van der Waals surface area contributed by atoms with Crippen LogP contribution in [0.25, 0.3) is 0 Å². The second-order valence-corrected chi connectivity index (χ2v) is 20.1. The van der Waals surface area contributed by atoms with Gasteiger partial charge in [0.05, 0.1) is 29.8 Å². The number of para-hydroxylation sites is 1. The van der Waals surface area contributed by atoms with Crippen LogP contribution in [-0.2, 0) is 43.7 Å². The Balaban J connectivity index is 1.48. The molecule has 17 heteroatoms. The molecule has 0 aromatic heterocycles. The van der Waals surface area contributed by atoms with Crippen LogP contribution in [0.4, 0.5) is 20.1 Å². The van der Waals surface area contributed by atoms with Crippen molar-refractivity contribution in [1.29, 1.82) is 0 Å². The van der Waals surface area contributed by atoms with Crippen LogP contribution in [0.3, 0.4) is 0 Å². The fourth-order valence-corrected chi connectivity index (χ4v) is 11.0. The summed E-state index contributed by atoms with van der Waals surface area (Å²) >= 11 is 6.73. The fourth-order valence-electron chi connectivity index (χ4n) is 10.7. The number of carboxylic acid groups (broad SMARTS) is 1. The molecule has 11 atom stereocenters. The van der Waals surface area contributed by atoms with E-state index >= 15 is 4.79 Å². The van der Waals surface area contributed by atoms with Crippen molar-refractivity contribution >= 4 is 47.6 Å². The summed E-state index contributed by atoms with van der Waals surface area (Å²) in [5, 5.41) is 28.8. The number of amides is 2. The van der Waals surface area contributed by atoms with Crippen LogP contribution >= 0.6 is 11.6 Å². The first-order valence-electron chi connectivity index (χ1n) is 21.1. The number of aliphatic hydroxyl groups is 1. The Kier molecular flexibility index (Phi) is 12.3. The van der Waals surface area contributed by atoms with Crippen LogP contribution in [0, 0.1) is 23.7 Å². The van der Waals surface area contributed by atoms with Gasteiger partial charge >= 0.3 is 24.2 Å². The molecule has 0 bridgehead atoms. The lowest BCUT2D eigenvalue weighted by Crippen LogP contribution is -2.77. The van der Waals surface area contributed by atoms with E-state index in [9.17, 15) is 29.4 Å². The van der Waals surface area contributed by atoms with Gasteiger partial charge in [0.25, 0.3) is 12.3 Å². The van der Waals surface area contributed by atoms with Crippen molar-refractivity contribution < 1.29 is 67.2 Å². The molecule has 338 valence electrons. The Morgan fingerprint density at radius 1 is 1.08 bits per heavy atom. The molecule has 1 aromatic rings. The molecule has 6 rings (SSSR count). The molecular weight excluding hydrogens is 814 g/mol. The maximum Gasteiger partial charge on any atom is 0.510 e. The zero-order chi connectivity index (χ0) is 45.4. The van der Waals surface area contributed by atoms with Gasteiger partial charge in [0.1, 0.15) is 11.2 Å². The molecular formula is C44H62ClN3O13. The molecule has 1 aromatic carbocycles. The SMILES string of the molecule is COC(=O)N(CC(C)[C@@H]1CC[C@@H](C)[C@@]2(O)[C@@H]1C=C(C)C(OC(C)=O)[C@@H]2OC(=O)[C@@H]1C[C@@]2(OC(=O)OC(C)(C)C)c3cccc(Cl)c3N(C)O[C@H]2[N+]1(C(=O)[O-])C(C)(C)C)C1CC1. The third-order valence-corrected chi connectivity index (χ3v) is 13.9. The number of hydrogen-bond donors (Lipinski definition) is 1. The summed E-state index contributed by atoms with van der Waals surface area (Å²) in [5.41, 5.74) is -5.28. The van der Waals surface area contributed by atoms with Gasteiger partial charge in [0.15, 0.2) is 12.2 Å². The Morgan fingerprint density at radius 3 is 2.30 bits per heavy atom. The number of methoxy groups -OCH3 is 1. The number of likely N-dealkylation sites (tertiary alicyclic amines) is 1. The Hall–Kier alpha value is -4.12. The van der Waals surface area contributed by atoms with E-state index in [1.165, 1.54) is 26.1 Å². The second kappa shape index (κ2) is 16.2. The summed E-state index contributed by atoms with van der Waals surface area (Å²) in [6.45, 7) is 16.9. The highest BCUT2D eigenvalue weighted by atomic mass is 35.5. The van der Waals surface area contributed by atoms with E-state index in [0.717, 1.165) is 12.8 Å². The number of esters is 2. The zero-order valence-corrected chi connectivity index (χ0v) is 38.1. The maximum atomic E-state index is 15.4. The average Bonchev–Trinajstić information content (AvgIpc) is 3.93. The number of hydrogen-bond acceptors (Lipinski definition) is 14. The van der Waals surface area contributed by atoms with Gasteiger partial charge in [-0.2, -0.15) is 0 Å². The van der Waals surface area contributed by atoms with Crippen LogP contribution in [0.5, 0.6) is 0 Å². The van der Waals surface area contributed by atoms with Gasteiger partial charge in [-0.15, -0.1) is 0 Å².